The van der Waals surface area contributed by atoms with Crippen LogP contribution in [0, 0.1) is 11.3 Å². The van der Waals surface area contributed by atoms with Crippen molar-refractivity contribution in [2.45, 2.75) is 0 Å². The fraction of sp³-hybridized carbons (Fsp3) is 0.0625. The Bertz CT molecular complexity index is 800. The van der Waals surface area contributed by atoms with Crippen molar-refractivity contribution in [2.75, 3.05) is 11.9 Å². The summed E-state index contributed by atoms with van der Waals surface area (Å²) in [5.41, 5.74) is 1.05. The van der Waals surface area contributed by atoms with Gasteiger partial charge in [-0.2, -0.15) is 5.26 Å². The lowest BCUT2D eigenvalue weighted by atomic mass is 10.2. The van der Waals surface area contributed by atoms with E-state index in [1.165, 1.54) is 24.3 Å². The number of carbonyl (C=O) groups excluding carboxylic acids is 2. The zero-order valence-electron chi connectivity index (χ0n) is 11.7. The Labute approximate surface area is 142 Å². The quantitative estimate of drug-likeness (QED) is 0.855. The standard InChI is InChI=1S/C16H10Cl2N2O3/c17-13-5-4-11(7-14(13)18)16(22)23-9-15(21)20-12-3-1-2-10(6-12)8-19/h1-7H,9H2,(H,20,21). The number of rotatable bonds is 4. The van der Waals surface area contributed by atoms with Crippen molar-refractivity contribution in [3.63, 3.8) is 0 Å². The summed E-state index contributed by atoms with van der Waals surface area (Å²) < 4.78 is 4.90. The van der Waals surface area contributed by atoms with Gasteiger partial charge in [-0.3, -0.25) is 4.79 Å². The Morgan fingerprint density at radius 2 is 1.91 bits per heavy atom. The fourth-order valence-electron chi connectivity index (χ4n) is 1.70. The highest BCUT2D eigenvalue weighted by Crippen LogP contribution is 2.22. The van der Waals surface area contributed by atoms with Gasteiger partial charge in [0, 0.05) is 5.69 Å². The van der Waals surface area contributed by atoms with Crippen molar-refractivity contribution in [3.05, 3.63) is 63.6 Å². The third-order valence-corrected chi connectivity index (χ3v) is 3.50. The zero-order chi connectivity index (χ0) is 16.8. The third-order valence-electron chi connectivity index (χ3n) is 2.77. The highest BCUT2D eigenvalue weighted by atomic mass is 35.5. The van der Waals surface area contributed by atoms with Gasteiger partial charge in [0.1, 0.15) is 0 Å². The van der Waals surface area contributed by atoms with E-state index in [-0.39, 0.29) is 10.6 Å². The molecule has 0 saturated heterocycles. The Kier molecular flexibility index (Phi) is 5.58. The number of nitrogens with zero attached hydrogens (tertiary/aromatic N) is 1. The van der Waals surface area contributed by atoms with Crippen LogP contribution in [0.5, 0.6) is 0 Å². The number of carbonyl (C=O) groups is 2. The number of nitrogens with one attached hydrogen (secondary N) is 1. The average molecular weight is 349 g/mol. The number of halogens is 2. The minimum atomic E-state index is -0.690. The van der Waals surface area contributed by atoms with Crippen molar-refractivity contribution in [1.29, 1.82) is 5.26 Å². The van der Waals surface area contributed by atoms with Crippen LogP contribution in [0.2, 0.25) is 10.0 Å². The second kappa shape index (κ2) is 7.63. The number of anilines is 1. The van der Waals surface area contributed by atoms with Crippen molar-refractivity contribution in [1.82, 2.24) is 0 Å². The van der Waals surface area contributed by atoms with Gasteiger partial charge in [-0.15, -0.1) is 0 Å². The molecule has 23 heavy (non-hydrogen) atoms. The topological polar surface area (TPSA) is 79.2 Å². The van der Waals surface area contributed by atoms with Gasteiger partial charge in [0.2, 0.25) is 0 Å². The predicted molar refractivity (Wildman–Crippen MR) is 86.5 cm³/mol. The molecule has 0 aliphatic carbocycles. The van der Waals surface area contributed by atoms with Gasteiger partial charge >= 0.3 is 5.97 Å². The van der Waals surface area contributed by atoms with Crippen molar-refractivity contribution in [3.8, 4) is 6.07 Å². The number of hydrogen-bond donors (Lipinski definition) is 1. The van der Waals surface area contributed by atoms with Crippen LogP contribution in [0.1, 0.15) is 15.9 Å². The summed E-state index contributed by atoms with van der Waals surface area (Å²) in [7, 11) is 0. The van der Waals surface area contributed by atoms with E-state index in [4.69, 9.17) is 33.2 Å². The molecule has 0 bridgehead atoms. The van der Waals surface area contributed by atoms with E-state index in [1.807, 2.05) is 6.07 Å². The number of hydrogen-bond acceptors (Lipinski definition) is 4. The van der Waals surface area contributed by atoms with E-state index in [0.717, 1.165) is 0 Å². The molecule has 0 unspecified atom stereocenters. The largest absolute Gasteiger partial charge is 0.452 e. The molecular weight excluding hydrogens is 339 g/mol. The minimum Gasteiger partial charge on any atom is -0.452 e. The number of amides is 1. The van der Waals surface area contributed by atoms with E-state index in [2.05, 4.69) is 5.32 Å². The Morgan fingerprint density at radius 1 is 1.13 bits per heavy atom. The molecule has 0 fully saturated rings. The van der Waals surface area contributed by atoms with Gasteiger partial charge in [0.15, 0.2) is 6.61 Å². The summed E-state index contributed by atoms with van der Waals surface area (Å²) in [4.78, 5) is 23.6. The van der Waals surface area contributed by atoms with E-state index in [9.17, 15) is 9.59 Å². The molecule has 5 nitrogen and oxygen atoms in total. The highest BCUT2D eigenvalue weighted by molar-refractivity contribution is 6.42. The van der Waals surface area contributed by atoms with Crippen molar-refractivity contribution < 1.29 is 14.3 Å². The molecular formula is C16H10Cl2N2O3. The maximum Gasteiger partial charge on any atom is 0.338 e. The van der Waals surface area contributed by atoms with Gasteiger partial charge < -0.3 is 10.1 Å². The normalized spacial score (nSPS) is 9.78. The minimum absolute atomic E-state index is 0.193. The molecule has 0 atom stereocenters. The molecule has 0 aliphatic rings. The molecule has 116 valence electrons. The number of ether oxygens (including phenoxy) is 1. The van der Waals surface area contributed by atoms with E-state index < -0.39 is 18.5 Å². The second-order valence-corrected chi connectivity index (χ2v) is 5.26. The smallest absolute Gasteiger partial charge is 0.338 e. The Balaban J connectivity index is 1.92. The molecule has 0 saturated carbocycles. The van der Waals surface area contributed by atoms with E-state index in [0.29, 0.717) is 16.3 Å². The molecule has 0 heterocycles. The predicted octanol–water partition coefficient (Wildman–Crippen LogP) is 3.66. The van der Waals surface area contributed by atoms with Gasteiger partial charge in [-0.1, -0.05) is 29.3 Å². The van der Waals surface area contributed by atoms with Gasteiger partial charge in [-0.05, 0) is 36.4 Å². The van der Waals surface area contributed by atoms with Gasteiger partial charge in [0.05, 0.1) is 27.2 Å². The maximum atomic E-state index is 11.8. The zero-order valence-corrected chi connectivity index (χ0v) is 13.2. The molecule has 0 aliphatic heterocycles. The van der Waals surface area contributed by atoms with Crippen LogP contribution in [-0.4, -0.2) is 18.5 Å². The number of benzene rings is 2. The number of nitriles is 1. The monoisotopic (exact) mass is 348 g/mol. The second-order valence-electron chi connectivity index (χ2n) is 4.45. The van der Waals surface area contributed by atoms with Crippen LogP contribution in [0.4, 0.5) is 5.69 Å². The highest BCUT2D eigenvalue weighted by Gasteiger charge is 2.12. The molecule has 2 rings (SSSR count). The molecule has 0 spiro atoms. The van der Waals surface area contributed by atoms with Crippen LogP contribution >= 0.6 is 23.2 Å². The van der Waals surface area contributed by atoms with E-state index in [1.54, 1.807) is 18.2 Å². The molecule has 2 aromatic rings. The van der Waals surface area contributed by atoms with Crippen LogP contribution < -0.4 is 5.32 Å². The SMILES string of the molecule is N#Cc1cccc(NC(=O)COC(=O)c2ccc(Cl)c(Cl)c2)c1. The first-order valence-electron chi connectivity index (χ1n) is 6.42. The summed E-state index contributed by atoms with van der Waals surface area (Å²) in [5.74, 6) is -1.21. The van der Waals surface area contributed by atoms with Crippen LogP contribution in [0.25, 0.3) is 0 Å². The summed E-state index contributed by atoms with van der Waals surface area (Å²) in [6.07, 6.45) is 0. The molecule has 7 heteroatoms. The molecule has 2 aromatic carbocycles. The molecule has 0 aromatic heterocycles. The number of esters is 1. The van der Waals surface area contributed by atoms with Crippen molar-refractivity contribution >= 4 is 40.8 Å². The summed E-state index contributed by atoms with van der Waals surface area (Å²) in [6.45, 7) is -0.462. The van der Waals surface area contributed by atoms with Crippen LogP contribution in [0.3, 0.4) is 0 Å². The Morgan fingerprint density at radius 3 is 2.61 bits per heavy atom. The summed E-state index contributed by atoms with van der Waals surface area (Å²) >= 11 is 11.6. The first-order valence-corrected chi connectivity index (χ1v) is 7.17. The van der Waals surface area contributed by atoms with Crippen LogP contribution in [-0.2, 0) is 9.53 Å². The lowest BCUT2D eigenvalue weighted by Crippen LogP contribution is -2.21. The fourth-order valence-corrected chi connectivity index (χ4v) is 2.00. The third kappa shape index (κ3) is 4.71. The van der Waals surface area contributed by atoms with Crippen molar-refractivity contribution in [2.24, 2.45) is 0 Å². The first-order chi connectivity index (χ1) is 11.0. The Hall–Kier alpha value is -2.55. The molecule has 1 N–H and O–H groups in total. The molecule has 1 amide bonds. The van der Waals surface area contributed by atoms with E-state index >= 15 is 0 Å². The lowest BCUT2D eigenvalue weighted by molar-refractivity contribution is -0.119. The molecule has 0 radical (unpaired) electrons. The first kappa shape index (κ1) is 16.8. The average Bonchev–Trinajstić information content (AvgIpc) is 2.55. The lowest BCUT2D eigenvalue weighted by Gasteiger charge is -2.07. The summed E-state index contributed by atoms with van der Waals surface area (Å²) in [6, 6.07) is 12.6. The maximum absolute atomic E-state index is 11.8. The van der Waals surface area contributed by atoms with Crippen LogP contribution in [0.15, 0.2) is 42.5 Å². The van der Waals surface area contributed by atoms with Gasteiger partial charge in [0.25, 0.3) is 5.91 Å². The van der Waals surface area contributed by atoms with Gasteiger partial charge in [-0.25, -0.2) is 4.79 Å². The summed E-state index contributed by atoms with van der Waals surface area (Å²) in [5, 5.41) is 11.9.